The number of carbonyl (C=O) groups is 2. The Bertz CT molecular complexity index is 881. The van der Waals surface area contributed by atoms with E-state index in [-0.39, 0.29) is 23.8 Å². The molecule has 1 atom stereocenters. The van der Waals surface area contributed by atoms with Crippen LogP contribution in [0.5, 0.6) is 0 Å². The molecule has 6 nitrogen and oxygen atoms in total. The van der Waals surface area contributed by atoms with Crippen LogP contribution in [0.4, 0.5) is 14.0 Å². The zero-order chi connectivity index (χ0) is 19.7. The summed E-state index contributed by atoms with van der Waals surface area (Å²) < 4.78 is 13.4. The molecule has 2 aliphatic heterocycles. The van der Waals surface area contributed by atoms with E-state index in [4.69, 9.17) is 5.11 Å². The second-order valence-corrected chi connectivity index (χ2v) is 7.34. The van der Waals surface area contributed by atoms with Crippen LogP contribution in [0.2, 0.25) is 0 Å². The lowest BCUT2D eigenvalue weighted by Gasteiger charge is -2.40. The molecule has 0 aromatic heterocycles. The Hall–Kier alpha value is -3.09. The molecular formula is C21H22FN3O3. The number of hydrogen-bond acceptors (Lipinski definition) is 2. The van der Waals surface area contributed by atoms with Crippen LogP contribution < -0.4 is 5.32 Å². The molecule has 2 aromatic carbocycles. The molecule has 4 rings (SSSR count). The predicted octanol–water partition coefficient (Wildman–Crippen LogP) is 3.09. The Morgan fingerprint density at radius 1 is 1.11 bits per heavy atom. The molecule has 0 radical (unpaired) electrons. The topological polar surface area (TPSA) is 72.9 Å². The number of carboxylic acid groups (broad SMARTS) is 1. The number of nitrogens with one attached hydrogen (secondary N) is 1. The molecule has 2 aliphatic rings. The molecule has 1 unspecified atom stereocenters. The number of carbonyl (C=O) groups excluding carboxylic acids is 1. The van der Waals surface area contributed by atoms with Crippen LogP contribution in [0.1, 0.15) is 22.7 Å². The van der Waals surface area contributed by atoms with Gasteiger partial charge >= 0.3 is 12.1 Å². The first-order chi connectivity index (χ1) is 13.5. The summed E-state index contributed by atoms with van der Waals surface area (Å²) in [5, 5.41) is 11.9. The Labute approximate surface area is 162 Å². The maximum Gasteiger partial charge on any atom is 0.407 e. The molecule has 2 heterocycles. The summed E-state index contributed by atoms with van der Waals surface area (Å²) in [6.45, 7) is 1.90. The van der Waals surface area contributed by atoms with Crippen molar-refractivity contribution in [1.29, 1.82) is 0 Å². The van der Waals surface area contributed by atoms with E-state index in [1.54, 1.807) is 17.0 Å². The summed E-state index contributed by atoms with van der Waals surface area (Å²) in [6.07, 6.45) is -0.163. The number of halogens is 1. The van der Waals surface area contributed by atoms with Crippen LogP contribution in [-0.2, 0) is 6.42 Å². The Kier molecular flexibility index (Phi) is 4.90. The average molecular weight is 383 g/mol. The van der Waals surface area contributed by atoms with E-state index in [0.717, 1.165) is 17.5 Å². The lowest BCUT2D eigenvalue weighted by atomic mass is 9.88. The van der Waals surface area contributed by atoms with Gasteiger partial charge in [0.2, 0.25) is 0 Å². The van der Waals surface area contributed by atoms with Crippen LogP contribution in [0.15, 0.2) is 48.5 Å². The van der Waals surface area contributed by atoms with Crippen LogP contribution in [0.3, 0.4) is 0 Å². The highest BCUT2D eigenvalue weighted by atomic mass is 19.1. The van der Waals surface area contributed by atoms with E-state index in [2.05, 4.69) is 11.4 Å². The number of likely N-dealkylation sites (tertiary alicyclic amines) is 1. The molecule has 1 saturated heterocycles. The number of fused-ring (bicyclic) bond motifs is 1. The van der Waals surface area contributed by atoms with Gasteiger partial charge in [0.15, 0.2) is 0 Å². The molecule has 28 heavy (non-hydrogen) atoms. The molecule has 1 fully saturated rings. The van der Waals surface area contributed by atoms with E-state index in [9.17, 15) is 14.0 Å². The highest BCUT2D eigenvalue weighted by Gasteiger charge is 2.34. The van der Waals surface area contributed by atoms with Crippen molar-refractivity contribution in [2.45, 2.75) is 12.5 Å². The monoisotopic (exact) mass is 383 g/mol. The van der Waals surface area contributed by atoms with E-state index in [1.165, 1.54) is 22.6 Å². The maximum atomic E-state index is 13.4. The summed E-state index contributed by atoms with van der Waals surface area (Å²) >= 11 is 0. The largest absolute Gasteiger partial charge is 0.465 e. The lowest BCUT2D eigenvalue weighted by molar-refractivity contribution is 0.0813. The normalized spacial score (nSPS) is 19.0. The molecule has 0 saturated carbocycles. The quantitative estimate of drug-likeness (QED) is 0.856. The predicted molar refractivity (Wildman–Crippen MR) is 102 cm³/mol. The molecule has 0 spiro atoms. The third-order valence-electron chi connectivity index (χ3n) is 5.50. The fraction of sp³-hybridized carbons (Fsp3) is 0.333. The van der Waals surface area contributed by atoms with Crippen molar-refractivity contribution >= 4 is 12.1 Å². The van der Waals surface area contributed by atoms with Crippen LogP contribution in [0.25, 0.3) is 0 Å². The molecule has 2 aromatic rings. The second-order valence-electron chi connectivity index (χ2n) is 7.34. The third kappa shape index (κ3) is 3.52. The molecule has 0 bridgehead atoms. The van der Waals surface area contributed by atoms with Crippen molar-refractivity contribution in [3.05, 3.63) is 71.0 Å². The first-order valence-electron chi connectivity index (χ1n) is 9.38. The number of nitrogens with zero attached hydrogens (tertiary/aromatic N) is 2. The van der Waals surface area contributed by atoms with Gasteiger partial charge in [0, 0.05) is 32.1 Å². The fourth-order valence-electron chi connectivity index (χ4n) is 3.98. The molecule has 146 valence electrons. The molecule has 3 amide bonds. The molecular weight excluding hydrogens is 361 g/mol. The number of amides is 3. The van der Waals surface area contributed by atoms with E-state index < -0.39 is 6.09 Å². The van der Waals surface area contributed by atoms with E-state index in [0.29, 0.717) is 26.2 Å². The van der Waals surface area contributed by atoms with E-state index >= 15 is 0 Å². The minimum atomic E-state index is -0.924. The van der Waals surface area contributed by atoms with Crippen molar-refractivity contribution in [2.24, 2.45) is 5.92 Å². The number of urea groups is 1. The number of rotatable bonds is 3. The highest BCUT2D eigenvalue weighted by molar-refractivity contribution is 5.76. The molecule has 2 N–H and O–H groups in total. The maximum absolute atomic E-state index is 13.4. The zero-order valence-electron chi connectivity index (χ0n) is 15.3. The van der Waals surface area contributed by atoms with Gasteiger partial charge in [-0.15, -0.1) is 0 Å². The van der Waals surface area contributed by atoms with Gasteiger partial charge in [-0.25, -0.2) is 14.0 Å². The van der Waals surface area contributed by atoms with Crippen LogP contribution >= 0.6 is 0 Å². The zero-order valence-corrected chi connectivity index (χ0v) is 15.3. The number of hydrogen-bond donors (Lipinski definition) is 2. The standard InChI is InChI=1S/C21H22FN3O3/c22-17-7-5-16(6-8-17)19-18-4-2-1-3-15(18)9-10-25(19)20(26)23-11-14-12-24(13-14)21(27)28/h1-8,14,19H,9-13H2,(H,23,26)(H,27,28). The summed E-state index contributed by atoms with van der Waals surface area (Å²) in [4.78, 5) is 26.9. The van der Waals surface area contributed by atoms with Gasteiger partial charge in [-0.3, -0.25) is 0 Å². The lowest BCUT2D eigenvalue weighted by Crippen LogP contribution is -2.55. The first-order valence-corrected chi connectivity index (χ1v) is 9.38. The van der Waals surface area contributed by atoms with Gasteiger partial charge < -0.3 is 20.2 Å². The number of benzene rings is 2. The summed E-state index contributed by atoms with van der Waals surface area (Å²) in [5.74, 6) is -0.168. The smallest absolute Gasteiger partial charge is 0.407 e. The van der Waals surface area contributed by atoms with Crippen molar-refractivity contribution in [1.82, 2.24) is 15.1 Å². The summed E-state index contributed by atoms with van der Waals surface area (Å²) in [6, 6.07) is 13.8. The van der Waals surface area contributed by atoms with Gasteiger partial charge in [-0.1, -0.05) is 36.4 Å². The minimum absolute atomic E-state index is 0.140. The first kappa shape index (κ1) is 18.3. The Morgan fingerprint density at radius 3 is 2.54 bits per heavy atom. The SMILES string of the molecule is O=C(O)N1CC(CNC(=O)N2CCc3ccccc3C2c2ccc(F)cc2)C1. The average Bonchev–Trinajstić information content (AvgIpc) is 2.66. The van der Waals surface area contributed by atoms with Crippen LogP contribution in [0, 0.1) is 11.7 Å². The van der Waals surface area contributed by atoms with Crippen molar-refractivity contribution in [3.63, 3.8) is 0 Å². The summed E-state index contributed by atoms with van der Waals surface area (Å²) in [5.41, 5.74) is 3.11. The van der Waals surface area contributed by atoms with E-state index in [1.807, 2.05) is 18.2 Å². The molecule has 7 heteroatoms. The minimum Gasteiger partial charge on any atom is -0.465 e. The third-order valence-corrected chi connectivity index (χ3v) is 5.50. The highest BCUT2D eigenvalue weighted by Crippen LogP contribution is 2.35. The van der Waals surface area contributed by atoms with Crippen molar-refractivity contribution in [2.75, 3.05) is 26.2 Å². The van der Waals surface area contributed by atoms with Gasteiger partial charge in [-0.2, -0.15) is 0 Å². The summed E-state index contributed by atoms with van der Waals surface area (Å²) in [7, 11) is 0. The Balaban J connectivity index is 1.51. The van der Waals surface area contributed by atoms with Gasteiger partial charge in [0.05, 0.1) is 6.04 Å². The Morgan fingerprint density at radius 2 is 1.82 bits per heavy atom. The van der Waals surface area contributed by atoms with Crippen LogP contribution in [-0.4, -0.2) is 53.2 Å². The van der Waals surface area contributed by atoms with Gasteiger partial charge in [0.1, 0.15) is 5.82 Å². The van der Waals surface area contributed by atoms with Gasteiger partial charge in [-0.05, 0) is 35.2 Å². The fourth-order valence-corrected chi connectivity index (χ4v) is 3.98. The van der Waals surface area contributed by atoms with Crippen molar-refractivity contribution < 1.29 is 19.1 Å². The second kappa shape index (κ2) is 7.50. The molecule has 0 aliphatic carbocycles. The van der Waals surface area contributed by atoms with Crippen molar-refractivity contribution in [3.8, 4) is 0 Å². The van der Waals surface area contributed by atoms with Gasteiger partial charge in [0.25, 0.3) is 0 Å².